The molecule has 0 fully saturated rings. The predicted octanol–water partition coefficient (Wildman–Crippen LogP) is -0.159. The van der Waals surface area contributed by atoms with Crippen LogP contribution in [0, 0.1) is 11.8 Å². The molecular weight excluding hydrogens is 230 g/mol. The number of benzene rings is 1. The molecule has 0 saturated carbocycles. The van der Waals surface area contributed by atoms with Crippen LogP contribution in [-0.4, -0.2) is 32.7 Å². The summed E-state index contributed by atoms with van der Waals surface area (Å²) in [5.74, 6) is 5.64. The highest BCUT2D eigenvalue weighted by atomic mass is 16.2. The molecule has 1 aromatic carbocycles. The van der Waals surface area contributed by atoms with Crippen molar-refractivity contribution in [1.29, 1.82) is 0 Å². The Labute approximate surface area is 104 Å². The summed E-state index contributed by atoms with van der Waals surface area (Å²) in [5, 5.41) is 13.1. The van der Waals surface area contributed by atoms with Crippen molar-refractivity contribution in [3.63, 3.8) is 0 Å². The first-order valence-electron chi connectivity index (χ1n) is 5.36. The number of aromatic nitrogens is 4. The number of carbonyl (C=O) groups excluding carboxylic acids is 1. The number of nitrogens with zero attached hydrogens (tertiary/aromatic N) is 4. The number of nitrogens with one attached hydrogen (secondary N) is 1. The summed E-state index contributed by atoms with van der Waals surface area (Å²) in [4.78, 5) is 11.4. The van der Waals surface area contributed by atoms with Crippen LogP contribution in [0.2, 0.25) is 0 Å². The van der Waals surface area contributed by atoms with E-state index in [1.54, 1.807) is 0 Å². The van der Waals surface area contributed by atoms with Crippen molar-refractivity contribution in [1.82, 2.24) is 25.5 Å². The second kappa shape index (κ2) is 6.15. The van der Waals surface area contributed by atoms with Crippen molar-refractivity contribution in [2.75, 3.05) is 6.54 Å². The van der Waals surface area contributed by atoms with Gasteiger partial charge in [0.05, 0.1) is 6.54 Å². The molecular formula is C12H11N5O. The second-order valence-electron chi connectivity index (χ2n) is 3.45. The number of tetrazole rings is 1. The normalized spacial score (nSPS) is 9.33. The molecule has 0 unspecified atom stereocenters. The number of hydrogen-bond donors (Lipinski definition) is 1. The first-order valence-corrected chi connectivity index (χ1v) is 5.36. The van der Waals surface area contributed by atoms with Crippen LogP contribution in [0.3, 0.4) is 0 Å². The van der Waals surface area contributed by atoms with Gasteiger partial charge in [0, 0.05) is 5.56 Å². The van der Waals surface area contributed by atoms with Crippen LogP contribution in [0.5, 0.6) is 0 Å². The molecule has 2 aromatic rings. The zero-order valence-corrected chi connectivity index (χ0v) is 9.58. The molecule has 0 spiro atoms. The topological polar surface area (TPSA) is 72.7 Å². The molecule has 6 nitrogen and oxygen atoms in total. The molecule has 1 N–H and O–H groups in total. The SMILES string of the molecule is O=C(Cn1cnnn1)NCC#Cc1ccccc1. The van der Waals surface area contributed by atoms with E-state index in [-0.39, 0.29) is 12.5 Å². The Morgan fingerprint density at radius 2 is 2.17 bits per heavy atom. The van der Waals surface area contributed by atoms with Crippen LogP contribution < -0.4 is 5.32 Å². The third-order valence-electron chi connectivity index (χ3n) is 2.08. The Balaban J connectivity index is 1.76. The molecule has 1 aromatic heterocycles. The molecule has 90 valence electrons. The highest BCUT2D eigenvalue weighted by molar-refractivity contribution is 5.75. The zero-order chi connectivity index (χ0) is 12.6. The van der Waals surface area contributed by atoms with Gasteiger partial charge in [0.1, 0.15) is 12.9 Å². The van der Waals surface area contributed by atoms with E-state index in [1.807, 2.05) is 30.3 Å². The van der Waals surface area contributed by atoms with Crippen molar-refractivity contribution in [2.24, 2.45) is 0 Å². The lowest BCUT2D eigenvalue weighted by atomic mass is 10.2. The number of carbonyl (C=O) groups is 1. The van der Waals surface area contributed by atoms with E-state index in [9.17, 15) is 4.79 Å². The van der Waals surface area contributed by atoms with Crippen LogP contribution in [0.25, 0.3) is 0 Å². The highest BCUT2D eigenvalue weighted by Crippen LogP contribution is 1.94. The lowest BCUT2D eigenvalue weighted by molar-refractivity contribution is -0.121. The molecule has 0 radical (unpaired) electrons. The van der Waals surface area contributed by atoms with Crippen LogP contribution in [0.1, 0.15) is 5.56 Å². The van der Waals surface area contributed by atoms with Crippen LogP contribution in [-0.2, 0) is 11.3 Å². The smallest absolute Gasteiger partial charge is 0.242 e. The minimum absolute atomic E-state index is 0.0972. The van der Waals surface area contributed by atoms with Gasteiger partial charge in [0.2, 0.25) is 5.91 Å². The quantitative estimate of drug-likeness (QED) is 0.758. The van der Waals surface area contributed by atoms with Gasteiger partial charge in [-0.3, -0.25) is 4.79 Å². The molecule has 6 heteroatoms. The monoisotopic (exact) mass is 241 g/mol. The van der Waals surface area contributed by atoms with Crippen molar-refractivity contribution in [3.8, 4) is 11.8 Å². The van der Waals surface area contributed by atoms with Gasteiger partial charge in [0.25, 0.3) is 0 Å². The molecule has 18 heavy (non-hydrogen) atoms. The van der Waals surface area contributed by atoms with E-state index in [1.165, 1.54) is 11.0 Å². The maximum Gasteiger partial charge on any atom is 0.242 e. The largest absolute Gasteiger partial charge is 0.344 e. The van der Waals surface area contributed by atoms with Crippen LogP contribution >= 0.6 is 0 Å². The number of rotatable bonds is 3. The molecule has 1 amide bonds. The third kappa shape index (κ3) is 3.72. The summed E-state index contributed by atoms with van der Waals surface area (Å²) >= 11 is 0. The lowest BCUT2D eigenvalue weighted by Gasteiger charge is -1.99. The van der Waals surface area contributed by atoms with Gasteiger partial charge in [-0.25, -0.2) is 4.68 Å². The number of amides is 1. The van der Waals surface area contributed by atoms with Gasteiger partial charge < -0.3 is 5.32 Å². The molecule has 0 atom stereocenters. The Bertz CT molecular complexity index is 553. The maximum absolute atomic E-state index is 11.4. The fraction of sp³-hybridized carbons (Fsp3) is 0.167. The molecule has 2 rings (SSSR count). The molecule has 1 heterocycles. The molecule has 0 aliphatic rings. The van der Waals surface area contributed by atoms with Crippen molar-refractivity contribution in [3.05, 3.63) is 42.2 Å². The minimum atomic E-state index is -0.176. The van der Waals surface area contributed by atoms with E-state index in [0.717, 1.165) is 5.56 Å². The predicted molar refractivity (Wildman–Crippen MR) is 64.1 cm³/mol. The summed E-state index contributed by atoms with van der Waals surface area (Å²) < 4.78 is 1.35. The molecule has 0 bridgehead atoms. The second-order valence-corrected chi connectivity index (χ2v) is 3.45. The van der Waals surface area contributed by atoms with E-state index >= 15 is 0 Å². The molecule has 0 saturated heterocycles. The first-order chi connectivity index (χ1) is 8.84. The maximum atomic E-state index is 11.4. The van der Waals surface area contributed by atoms with E-state index in [4.69, 9.17) is 0 Å². The fourth-order valence-electron chi connectivity index (χ4n) is 1.27. The Kier molecular flexibility index (Phi) is 4.03. The molecule has 0 aliphatic heterocycles. The van der Waals surface area contributed by atoms with Crippen molar-refractivity contribution in [2.45, 2.75) is 6.54 Å². The fourth-order valence-corrected chi connectivity index (χ4v) is 1.27. The summed E-state index contributed by atoms with van der Waals surface area (Å²) in [7, 11) is 0. The van der Waals surface area contributed by atoms with Gasteiger partial charge in [-0.05, 0) is 22.6 Å². The van der Waals surface area contributed by atoms with Gasteiger partial charge in [-0.15, -0.1) is 5.10 Å². The standard InChI is InChI=1S/C12H11N5O/c18-12(9-17-10-14-15-16-17)13-8-4-7-11-5-2-1-3-6-11/h1-3,5-6,10H,8-9H2,(H,13,18). The average molecular weight is 241 g/mol. The van der Waals surface area contributed by atoms with Gasteiger partial charge in [0.15, 0.2) is 0 Å². The summed E-state index contributed by atoms with van der Waals surface area (Å²) in [6, 6.07) is 9.59. The van der Waals surface area contributed by atoms with Gasteiger partial charge >= 0.3 is 0 Å². The number of hydrogen-bond acceptors (Lipinski definition) is 4. The Morgan fingerprint density at radius 3 is 2.89 bits per heavy atom. The summed E-state index contributed by atoms with van der Waals surface area (Å²) in [5.41, 5.74) is 0.923. The highest BCUT2D eigenvalue weighted by Gasteiger charge is 2.01. The van der Waals surface area contributed by atoms with Crippen LogP contribution in [0.15, 0.2) is 36.7 Å². The van der Waals surface area contributed by atoms with Crippen LogP contribution in [0.4, 0.5) is 0 Å². The van der Waals surface area contributed by atoms with Crippen molar-refractivity contribution >= 4 is 5.91 Å². The van der Waals surface area contributed by atoms with Crippen molar-refractivity contribution < 1.29 is 4.79 Å². The van der Waals surface area contributed by atoms with Gasteiger partial charge in [-0.2, -0.15) is 0 Å². The minimum Gasteiger partial charge on any atom is -0.344 e. The first kappa shape index (κ1) is 11.8. The molecule has 0 aliphatic carbocycles. The Morgan fingerprint density at radius 1 is 1.33 bits per heavy atom. The van der Waals surface area contributed by atoms with E-state index < -0.39 is 0 Å². The summed E-state index contributed by atoms with van der Waals surface area (Å²) in [6.45, 7) is 0.399. The average Bonchev–Trinajstić information content (AvgIpc) is 2.89. The van der Waals surface area contributed by atoms with Gasteiger partial charge in [-0.1, -0.05) is 30.0 Å². The summed E-state index contributed by atoms with van der Waals surface area (Å²) in [6.07, 6.45) is 1.38. The third-order valence-corrected chi connectivity index (χ3v) is 2.08. The lowest BCUT2D eigenvalue weighted by Crippen LogP contribution is -2.28. The van der Waals surface area contributed by atoms with E-state index in [2.05, 4.69) is 32.7 Å². The van der Waals surface area contributed by atoms with E-state index in [0.29, 0.717) is 6.54 Å². The zero-order valence-electron chi connectivity index (χ0n) is 9.58. The Hall–Kier alpha value is -2.68.